The summed E-state index contributed by atoms with van der Waals surface area (Å²) < 4.78 is 1.82. The summed E-state index contributed by atoms with van der Waals surface area (Å²) in [4.78, 5) is 14.7. The molecule has 1 aliphatic carbocycles. The lowest BCUT2D eigenvalue weighted by Crippen LogP contribution is -2.54. The van der Waals surface area contributed by atoms with Gasteiger partial charge in [-0.3, -0.25) is 9.48 Å². The zero-order chi connectivity index (χ0) is 18.8. The average Bonchev–Trinajstić information content (AvgIpc) is 3.10. The maximum Gasteiger partial charge on any atom is 0.220 e. The van der Waals surface area contributed by atoms with Gasteiger partial charge >= 0.3 is 0 Å². The molecule has 1 aromatic rings. The topological polar surface area (TPSA) is 62.2 Å². The van der Waals surface area contributed by atoms with Crippen LogP contribution in [0.3, 0.4) is 0 Å². The van der Waals surface area contributed by atoms with E-state index in [4.69, 9.17) is 0 Å². The van der Waals surface area contributed by atoms with E-state index >= 15 is 0 Å². The van der Waals surface area contributed by atoms with Gasteiger partial charge in [0.2, 0.25) is 5.91 Å². The van der Waals surface area contributed by atoms with E-state index in [2.05, 4.69) is 27.6 Å². The molecule has 0 spiro atoms. The monoisotopic (exact) mass is 373 g/mol. The van der Waals surface area contributed by atoms with Gasteiger partial charge in [-0.2, -0.15) is 5.10 Å². The second kappa shape index (κ2) is 8.31. The molecular weight excluding hydrogens is 338 g/mol. The van der Waals surface area contributed by atoms with Crippen LogP contribution in [-0.2, 0) is 11.8 Å². The number of carbonyl (C=O) groups is 1. The predicted octanol–water partition coefficient (Wildman–Crippen LogP) is 2.37. The second-order valence-corrected chi connectivity index (χ2v) is 9.04. The van der Waals surface area contributed by atoms with Gasteiger partial charge < -0.3 is 15.5 Å². The van der Waals surface area contributed by atoms with E-state index in [0.717, 1.165) is 23.9 Å². The molecule has 27 heavy (non-hydrogen) atoms. The molecule has 6 heteroatoms. The molecule has 1 saturated carbocycles. The molecule has 2 N–H and O–H groups in total. The van der Waals surface area contributed by atoms with E-state index in [9.17, 15) is 4.79 Å². The van der Waals surface area contributed by atoms with Crippen LogP contribution in [0.1, 0.15) is 69.9 Å². The first-order valence-electron chi connectivity index (χ1n) is 10.9. The average molecular weight is 374 g/mol. The molecule has 0 radical (unpaired) electrons. The number of aromatic nitrogens is 2. The minimum Gasteiger partial charge on any atom is -0.348 e. The summed E-state index contributed by atoms with van der Waals surface area (Å²) in [6.07, 6.45) is 13.5. The third kappa shape index (κ3) is 4.54. The van der Waals surface area contributed by atoms with Crippen LogP contribution in [0, 0.1) is 5.92 Å². The van der Waals surface area contributed by atoms with Crippen LogP contribution < -0.4 is 10.6 Å². The molecule has 0 aromatic carbocycles. The molecule has 0 bridgehead atoms. The highest BCUT2D eigenvalue weighted by Gasteiger charge is 2.34. The summed E-state index contributed by atoms with van der Waals surface area (Å²) in [6.45, 7) is 4.84. The molecule has 3 fully saturated rings. The van der Waals surface area contributed by atoms with Crippen LogP contribution in [0.15, 0.2) is 12.4 Å². The molecule has 4 rings (SSSR count). The van der Waals surface area contributed by atoms with Crippen molar-refractivity contribution in [1.82, 2.24) is 25.3 Å². The Morgan fingerprint density at radius 1 is 1.19 bits per heavy atom. The van der Waals surface area contributed by atoms with Crippen LogP contribution in [0.2, 0.25) is 0 Å². The SMILES string of the molecule is C[C@@H]1CCC[C@@H](N2CCC(N[C@@H]3CCC(=O)N[C@H]3c3cnn(C)c3)CC2)C1. The Morgan fingerprint density at radius 2 is 2.00 bits per heavy atom. The normalized spacial score (nSPS) is 33.8. The van der Waals surface area contributed by atoms with Crippen molar-refractivity contribution in [1.29, 1.82) is 0 Å². The van der Waals surface area contributed by atoms with Crippen LogP contribution in [0.4, 0.5) is 0 Å². The number of rotatable bonds is 4. The Bertz CT molecular complexity index is 636. The summed E-state index contributed by atoms with van der Waals surface area (Å²) in [5, 5.41) is 11.4. The standard InChI is InChI=1S/C21H35N5O/c1-15-4-3-5-18(12-15)26-10-8-17(9-11-26)23-19-6-7-20(27)24-21(19)16-13-22-25(2)14-16/h13-15,17-19,21,23H,3-12H2,1-2H3,(H,24,27)/t15-,18-,19-,21+/m1/s1. The molecule has 0 unspecified atom stereocenters. The van der Waals surface area contributed by atoms with Gasteiger partial charge in [0.15, 0.2) is 0 Å². The molecular formula is C21H35N5O. The third-order valence-corrected chi connectivity index (χ3v) is 6.89. The Kier molecular flexibility index (Phi) is 5.83. The molecule has 1 aromatic heterocycles. The fraction of sp³-hybridized carbons (Fsp3) is 0.810. The molecule has 3 aliphatic rings. The molecule has 2 saturated heterocycles. The molecule has 1 amide bonds. The number of nitrogens with zero attached hydrogens (tertiary/aromatic N) is 3. The second-order valence-electron chi connectivity index (χ2n) is 9.04. The Balaban J connectivity index is 1.32. The van der Waals surface area contributed by atoms with Gasteiger partial charge in [-0.25, -0.2) is 0 Å². The fourth-order valence-electron chi connectivity index (χ4n) is 5.36. The van der Waals surface area contributed by atoms with Gasteiger partial charge in [-0.05, 0) is 51.1 Å². The number of amides is 1. The Hall–Kier alpha value is -1.40. The first-order chi connectivity index (χ1) is 13.1. The van der Waals surface area contributed by atoms with E-state index in [0.29, 0.717) is 18.5 Å². The number of likely N-dealkylation sites (tertiary alicyclic amines) is 1. The number of hydrogen-bond acceptors (Lipinski definition) is 4. The predicted molar refractivity (Wildman–Crippen MR) is 106 cm³/mol. The lowest BCUT2D eigenvalue weighted by molar-refractivity contribution is -0.124. The van der Waals surface area contributed by atoms with Crippen LogP contribution >= 0.6 is 0 Å². The van der Waals surface area contributed by atoms with Crippen LogP contribution in [0.25, 0.3) is 0 Å². The lowest BCUT2D eigenvalue weighted by Gasteiger charge is -2.42. The highest BCUT2D eigenvalue weighted by molar-refractivity contribution is 5.77. The molecule has 150 valence electrons. The van der Waals surface area contributed by atoms with Crippen molar-refractivity contribution in [3.8, 4) is 0 Å². The first-order valence-corrected chi connectivity index (χ1v) is 10.9. The summed E-state index contributed by atoms with van der Waals surface area (Å²) in [5.41, 5.74) is 1.11. The van der Waals surface area contributed by atoms with Crippen LogP contribution in [-0.4, -0.2) is 51.8 Å². The molecule has 2 aliphatic heterocycles. The highest BCUT2D eigenvalue weighted by Crippen LogP contribution is 2.30. The molecule has 6 nitrogen and oxygen atoms in total. The maximum atomic E-state index is 12.0. The van der Waals surface area contributed by atoms with Gasteiger partial charge in [-0.15, -0.1) is 0 Å². The zero-order valence-corrected chi connectivity index (χ0v) is 16.9. The number of hydrogen-bond donors (Lipinski definition) is 2. The Labute approximate surface area is 163 Å². The van der Waals surface area contributed by atoms with E-state index in [-0.39, 0.29) is 11.9 Å². The number of nitrogens with one attached hydrogen (secondary N) is 2. The summed E-state index contributed by atoms with van der Waals surface area (Å²) >= 11 is 0. The van der Waals surface area contributed by atoms with Crippen molar-refractivity contribution in [2.24, 2.45) is 13.0 Å². The van der Waals surface area contributed by atoms with Crippen molar-refractivity contribution in [3.63, 3.8) is 0 Å². The van der Waals surface area contributed by atoms with Crippen molar-refractivity contribution in [2.45, 2.75) is 82.5 Å². The third-order valence-electron chi connectivity index (χ3n) is 6.89. The van der Waals surface area contributed by atoms with Gasteiger partial charge in [0, 0.05) is 43.4 Å². The van der Waals surface area contributed by atoms with Gasteiger partial charge in [0.05, 0.1) is 12.2 Å². The molecule has 4 atom stereocenters. The number of aryl methyl sites for hydroxylation is 1. The van der Waals surface area contributed by atoms with E-state index in [1.807, 2.05) is 24.1 Å². The molecule has 3 heterocycles. The Morgan fingerprint density at radius 3 is 2.70 bits per heavy atom. The van der Waals surface area contributed by atoms with E-state index in [1.165, 1.54) is 51.6 Å². The largest absolute Gasteiger partial charge is 0.348 e. The number of piperidine rings is 2. The maximum absolute atomic E-state index is 12.0. The van der Waals surface area contributed by atoms with Crippen molar-refractivity contribution >= 4 is 5.91 Å². The summed E-state index contributed by atoms with van der Waals surface area (Å²) in [5.74, 6) is 1.05. The smallest absolute Gasteiger partial charge is 0.220 e. The highest BCUT2D eigenvalue weighted by atomic mass is 16.1. The summed E-state index contributed by atoms with van der Waals surface area (Å²) in [7, 11) is 1.93. The minimum absolute atomic E-state index is 0.0390. The first kappa shape index (κ1) is 18.9. The fourth-order valence-corrected chi connectivity index (χ4v) is 5.36. The van der Waals surface area contributed by atoms with Gasteiger partial charge in [-0.1, -0.05) is 19.8 Å². The van der Waals surface area contributed by atoms with Crippen LogP contribution in [0.5, 0.6) is 0 Å². The zero-order valence-electron chi connectivity index (χ0n) is 16.9. The minimum atomic E-state index is 0.0390. The van der Waals surface area contributed by atoms with Gasteiger partial charge in [0.25, 0.3) is 0 Å². The van der Waals surface area contributed by atoms with Crippen molar-refractivity contribution < 1.29 is 4.79 Å². The van der Waals surface area contributed by atoms with Gasteiger partial charge in [0.1, 0.15) is 0 Å². The summed E-state index contributed by atoms with van der Waals surface area (Å²) in [6, 6.07) is 1.71. The van der Waals surface area contributed by atoms with Crippen molar-refractivity contribution in [3.05, 3.63) is 18.0 Å². The van der Waals surface area contributed by atoms with E-state index < -0.39 is 0 Å². The quantitative estimate of drug-likeness (QED) is 0.851. The lowest BCUT2D eigenvalue weighted by atomic mass is 9.85. The van der Waals surface area contributed by atoms with E-state index in [1.54, 1.807) is 0 Å². The number of carbonyl (C=O) groups excluding carboxylic acids is 1. The van der Waals surface area contributed by atoms with Crippen molar-refractivity contribution in [2.75, 3.05) is 13.1 Å².